The predicted octanol–water partition coefficient (Wildman–Crippen LogP) is 4.89. The Labute approximate surface area is 165 Å². The molecule has 5 rings (SSSR count). The van der Waals surface area contributed by atoms with Gasteiger partial charge in [0.2, 0.25) is 5.88 Å². The monoisotopic (exact) mass is 393 g/mol. The van der Waals surface area contributed by atoms with Crippen molar-refractivity contribution in [2.75, 3.05) is 0 Å². The van der Waals surface area contributed by atoms with Gasteiger partial charge in [-0.15, -0.1) is 10.2 Å². The molecule has 140 valence electrons. The summed E-state index contributed by atoms with van der Waals surface area (Å²) in [5.41, 5.74) is 2.97. The fourth-order valence-corrected chi connectivity index (χ4v) is 4.13. The maximum absolute atomic E-state index is 10.0. The number of aryl methyl sites for hydroxylation is 1. The molecular weight excluding hydrogens is 378 g/mol. The number of aromatic amines is 1. The minimum absolute atomic E-state index is 0.0126. The topological polar surface area (TPSA) is 91.3 Å². The van der Waals surface area contributed by atoms with E-state index in [1.165, 1.54) is 0 Å². The summed E-state index contributed by atoms with van der Waals surface area (Å²) in [7, 11) is 0. The van der Waals surface area contributed by atoms with Crippen molar-refractivity contribution in [2.24, 2.45) is 0 Å². The van der Waals surface area contributed by atoms with Gasteiger partial charge in [0, 0.05) is 28.3 Å². The van der Waals surface area contributed by atoms with E-state index < -0.39 is 0 Å². The first-order valence-electron chi connectivity index (χ1n) is 8.92. The van der Waals surface area contributed by atoms with Crippen LogP contribution in [0.15, 0.2) is 48.5 Å². The molecule has 28 heavy (non-hydrogen) atoms. The fraction of sp³-hybridized carbons (Fsp3) is 0.143. The van der Waals surface area contributed by atoms with Crippen LogP contribution in [0.4, 0.5) is 0 Å². The molecule has 0 radical (unpaired) electrons. The Balaban J connectivity index is 1.48. The number of rotatable bonds is 3. The lowest BCUT2D eigenvalue weighted by Crippen LogP contribution is -1.96. The summed E-state index contributed by atoms with van der Waals surface area (Å²) in [6.07, 6.45) is 1.71. The summed E-state index contributed by atoms with van der Waals surface area (Å²) in [4.78, 5) is 2.54. The molecule has 0 bridgehead atoms. The zero-order chi connectivity index (χ0) is 19.3. The number of ether oxygens (including phenoxy) is 1. The number of nitrogens with zero attached hydrogens (tertiary/aromatic N) is 2. The Morgan fingerprint density at radius 1 is 1.00 bits per heavy atom. The zero-order valence-corrected chi connectivity index (χ0v) is 15.4. The number of benzene rings is 2. The van der Waals surface area contributed by atoms with Gasteiger partial charge in [0.1, 0.15) is 5.75 Å². The Hall–Kier alpha value is -3.25. The normalized spacial score (nSPS) is 15.7. The van der Waals surface area contributed by atoms with Gasteiger partial charge < -0.3 is 14.9 Å². The molecule has 0 amide bonds. The highest BCUT2D eigenvalue weighted by molar-refractivity contribution is 6.34. The van der Waals surface area contributed by atoms with Crippen LogP contribution >= 0.6 is 11.6 Å². The molecule has 2 aromatic carbocycles. The molecular formula is C21H16ClN3O3. The zero-order valence-electron chi connectivity index (χ0n) is 14.7. The van der Waals surface area contributed by atoms with Gasteiger partial charge in [-0.3, -0.25) is 4.98 Å². The number of nitrogens with one attached hydrogen (secondary N) is 1. The van der Waals surface area contributed by atoms with Crippen LogP contribution in [0.3, 0.4) is 0 Å². The standard InChI is InChI=1S/C21H16ClN3O3/c22-19-15-3-1-2-4-16(15)21(25-24-19)28-12-6-8-13-11(9-12)5-7-14(13)17-10-18(26)23-20(17)27/h1-4,6,8-10,14,23,26-27H,5,7H2. The van der Waals surface area contributed by atoms with E-state index in [0.29, 0.717) is 22.3 Å². The van der Waals surface area contributed by atoms with Gasteiger partial charge in [-0.1, -0.05) is 35.9 Å². The van der Waals surface area contributed by atoms with Crippen LogP contribution in [0.5, 0.6) is 23.4 Å². The lowest BCUT2D eigenvalue weighted by Gasteiger charge is -2.12. The lowest BCUT2D eigenvalue weighted by molar-refractivity contribution is 0.422. The summed E-state index contributed by atoms with van der Waals surface area (Å²) in [5.74, 6) is 1.09. The van der Waals surface area contributed by atoms with E-state index >= 15 is 0 Å². The predicted molar refractivity (Wildman–Crippen MR) is 105 cm³/mol. The smallest absolute Gasteiger partial charge is 0.246 e. The van der Waals surface area contributed by atoms with Crippen molar-refractivity contribution in [3.8, 4) is 23.4 Å². The van der Waals surface area contributed by atoms with Gasteiger partial charge in [0.15, 0.2) is 16.9 Å². The molecule has 0 spiro atoms. The number of halogens is 1. The van der Waals surface area contributed by atoms with E-state index in [2.05, 4.69) is 15.2 Å². The second-order valence-electron chi connectivity index (χ2n) is 6.85. The maximum atomic E-state index is 10.0. The van der Waals surface area contributed by atoms with Crippen molar-refractivity contribution in [3.05, 3.63) is 70.4 Å². The Bertz CT molecular complexity index is 1200. The van der Waals surface area contributed by atoms with Crippen molar-refractivity contribution in [1.29, 1.82) is 0 Å². The molecule has 1 unspecified atom stereocenters. The molecule has 2 aromatic heterocycles. The lowest BCUT2D eigenvalue weighted by atomic mass is 9.95. The summed E-state index contributed by atoms with van der Waals surface area (Å²) in [6, 6.07) is 15.0. The Morgan fingerprint density at radius 2 is 1.82 bits per heavy atom. The highest BCUT2D eigenvalue weighted by Gasteiger charge is 2.28. The minimum Gasteiger partial charge on any atom is -0.495 e. The van der Waals surface area contributed by atoms with Crippen molar-refractivity contribution in [2.45, 2.75) is 18.8 Å². The summed E-state index contributed by atoms with van der Waals surface area (Å²) >= 11 is 6.13. The first kappa shape index (κ1) is 16.9. The molecule has 6 nitrogen and oxygen atoms in total. The van der Waals surface area contributed by atoms with Crippen LogP contribution in [0, 0.1) is 0 Å². The third kappa shape index (κ3) is 2.73. The van der Waals surface area contributed by atoms with Gasteiger partial charge in [-0.25, -0.2) is 0 Å². The molecule has 4 aromatic rings. The van der Waals surface area contributed by atoms with E-state index in [0.717, 1.165) is 34.7 Å². The van der Waals surface area contributed by atoms with Gasteiger partial charge in [0.05, 0.1) is 0 Å². The minimum atomic E-state index is -0.0332. The van der Waals surface area contributed by atoms with Crippen LogP contribution in [-0.2, 0) is 6.42 Å². The summed E-state index contributed by atoms with van der Waals surface area (Å²) < 4.78 is 6.01. The Morgan fingerprint density at radius 3 is 2.61 bits per heavy atom. The van der Waals surface area contributed by atoms with E-state index in [1.54, 1.807) is 6.07 Å². The second kappa shape index (κ2) is 6.42. The largest absolute Gasteiger partial charge is 0.495 e. The van der Waals surface area contributed by atoms with Crippen LogP contribution < -0.4 is 4.74 Å². The number of H-pyrrole nitrogens is 1. The van der Waals surface area contributed by atoms with Gasteiger partial charge in [-0.05, 0) is 42.2 Å². The average molecular weight is 394 g/mol. The van der Waals surface area contributed by atoms with Crippen molar-refractivity contribution >= 4 is 22.4 Å². The number of aromatic nitrogens is 3. The first-order valence-corrected chi connectivity index (χ1v) is 9.30. The van der Waals surface area contributed by atoms with Crippen LogP contribution in [-0.4, -0.2) is 25.4 Å². The van der Waals surface area contributed by atoms with Gasteiger partial charge in [0.25, 0.3) is 0 Å². The second-order valence-corrected chi connectivity index (χ2v) is 7.21. The number of aromatic hydroxyl groups is 2. The van der Waals surface area contributed by atoms with Crippen LogP contribution in [0.2, 0.25) is 5.15 Å². The van der Waals surface area contributed by atoms with E-state index in [9.17, 15) is 10.2 Å². The molecule has 1 atom stereocenters. The highest BCUT2D eigenvalue weighted by atomic mass is 35.5. The van der Waals surface area contributed by atoms with Crippen molar-refractivity contribution in [1.82, 2.24) is 15.2 Å². The maximum Gasteiger partial charge on any atom is 0.246 e. The quantitative estimate of drug-likeness (QED) is 0.460. The van der Waals surface area contributed by atoms with Crippen molar-refractivity contribution in [3.63, 3.8) is 0 Å². The summed E-state index contributed by atoms with van der Waals surface area (Å²) in [5, 5.41) is 29.6. The van der Waals surface area contributed by atoms with Gasteiger partial charge in [-0.2, -0.15) is 0 Å². The number of hydrogen-bond acceptors (Lipinski definition) is 5. The van der Waals surface area contributed by atoms with Crippen LogP contribution in [0.1, 0.15) is 29.0 Å². The van der Waals surface area contributed by atoms with Gasteiger partial charge >= 0.3 is 0 Å². The molecule has 0 saturated carbocycles. The molecule has 0 aliphatic heterocycles. The Kier molecular flexibility index (Phi) is 3.87. The molecule has 3 N–H and O–H groups in total. The van der Waals surface area contributed by atoms with E-state index in [-0.39, 0.29) is 17.7 Å². The molecule has 0 saturated heterocycles. The molecule has 7 heteroatoms. The van der Waals surface area contributed by atoms with Crippen molar-refractivity contribution < 1.29 is 14.9 Å². The summed E-state index contributed by atoms with van der Waals surface area (Å²) in [6.45, 7) is 0. The molecule has 1 aliphatic rings. The third-order valence-corrected chi connectivity index (χ3v) is 5.48. The van der Waals surface area contributed by atoms with E-state index in [4.69, 9.17) is 16.3 Å². The molecule has 1 aliphatic carbocycles. The SMILES string of the molecule is Oc1cc(C2CCc3cc(Oc4nnc(Cl)c5ccccc45)ccc32)c(O)[nH]1. The number of fused-ring (bicyclic) bond motifs is 2. The fourth-order valence-electron chi connectivity index (χ4n) is 3.92. The highest BCUT2D eigenvalue weighted by Crippen LogP contribution is 2.44. The molecule has 2 heterocycles. The molecule has 0 fully saturated rings. The third-order valence-electron chi connectivity index (χ3n) is 5.20. The average Bonchev–Trinajstić information content (AvgIpc) is 3.26. The van der Waals surface area contributed by atoms with Crippen LogP contribution in [0.25, 0.3) is 10.8 Å². The van der Waals surface area contributed by atoms with E-state index in [1.807, 2.05) is 42.5 Å². The number of hydrogen-bond donors (Lipinski definition) is 3. The first-order chi connectivity index (χ1) is 13.6.